The van der Waals surface area contributed by atoms with Crippen molar-refractivity contribution in [2.24, 2.45) is 0 Å². The van der Waals surface area contributed by atoms with E-state index in [1.807, 2.05) is 6.92 Å². The van der Waals surface area contributed by atoms with Crippen LogP contribution in [-0.4, -0.2) is 220 Å². The summed E-state index contributed by atoms with van der Waals surface area (Å²) in [5, 5.41) is 14.2. The second-order valence-electron chi connectivity index (χ2n) is 32.5. The molecule has 3 aliphatic heterocycles. The minimum Gasteiger partial charge on any atom is -1.00 e. The van der Waals surface area contributed by atoms with Crippen LogP contribution in [0.2, 0.25) is 0 Å². The Labute approximate surface area is 770 Å². The number of nitrogens with zero attached hydrogens (tertiary/aromatic N) is 1. The molecule has 31 heteroatoms. The van der Waals surface area contributed by atoms with E-state index >= 15 is 0 Å². The summed E-state index contributed by atoms with van der Waals surface area (Å²) in [5.41, 5.74) is 0. The number of hydrogen-bond donors (Lipinski definition) is 5. The topological polar surface area (TPSA) is 260 Å². The van der Waals surface area contributed by atoms with Gasteiger partial charge < -0.3 is 90.7 Å². The monoisotopic (exact) mass is 1870 g/mol. The second-order valence-corrected chi connectivity index (χ2v) is 39.0. The zero-order chi connectivity index (χ0) is 86.9. The van der Waals surface area contributed by atoms with Crippen LogP contribution in [0.5, 0.6) is 0 Å². The smallest absolute Gasteiger partial charge is 0.306 e. The third kappa shape index (κ3) is 59.7. The molecular formula is C90H166Cl2N6O17S6. The summed E-state index contributed by atoms with van der Waals surface area (Å²) in [6, 6.07) is 0. The average Bonchev–Trinajstić information content (AvgIpc) is 0.766. The highest BCUT2D eigenvalue weighted by Gasteiger charge is 2.58. The molecule has 0 amide bonds. The molecular weight excluding hydrogens is 1700 g/mol. The van der Waals surface area contributed by atoms with Crippen LogP contribution in [0.1, 0.15) is 357 Å². The molecule has 0 radical (unpaired) electrons. The number of hydrogen-bond acceptors (Lipinski definition) is 24. The van der Waals surface area contributed by atoms with E-state index in [2.05, 4.69) is 62.8 Å². The number of nitrogens with one attached hydrogen (secondary N) is 5. The first-order valence-corrected chi connectivity index (χ1v) is 53.8. The van der Waals surface area contributed by atoms with Crippen molar-refractivity contribution in [2.45, 2.75) is 418 Å². The van der Waals surface area contributed by atoms with Crippen LogP contribution in [-0.2, 0) is 80.9 Å². The molecule has 4 unspecified atom stereocenters. The van der Waals surface area contributed by atoms with E-state index in [0.717, 1.165) is 271 Å². The lowest BCUT2D eigenvalue weighted by atomic mass is 9.97. The van der Waals surface area contributed by atoms with Gasteiger partial charge in [0.1, 0.15) is 25.3 Å². The van der Waals surface area contributed by atoms with Crippen LogP contribution in [0.15, 0.2) is 0 Å². The molecule has 10 atom stereocenters. The fourth-order valence-electron chi connectivity index (χ4n) is 14.7. The van der Waals surface area contributed by atoms with Gasteiger partial charge in [0.2, 0.25) is 12.6 Å². The van der Waals surface area contributed by atoms with Crippen LogP contribution in [0.25, 0.3) is 0 Å². The molecule has 5 N–H and O–H groups in total. The first kappa shape index (κ1) is 115. The molecule has 708 valence electrons. The maximum Gasteiger partial charge on any atom is 0.306 e. The van der Waals surface area contributed by atoms with Gasteiger partial charge in [-0.25, -0.2) is 4.42 Å². The molecule has 23 nitrogen and oxygen atoms in total. The Morgan fingerprint density at radius 2 is 0.653 bits per heavy atom. The Morgan fingerprint density at radius 3 is 0.967 bits per heavy atom. The number of esters is 6. The van der Waals surface area contributed by atoms with Gasteiger partial charge in [0.15, 0.2) is 46.8 Å². The normalized spacial score (nSPS) is 19.8. The molecule has 3 saturated heterocycles. The molecule has 0 spiro atoms. The number of quaternary nitrogens is 1. The number of thiocarbonyl (C=S) groups is 2. The lowest BCUT2D eigenvalue weighted by Gasteiger charge is -2.48. The highest BCUT2D eigenvalue weighted by atomic mass is 35.5. The van der Waals surface area contributed by atoms with Gasteiger partial charge in [-0.1, -0.05) is 316 Å². The van der Waals surface area contributed by atoms with Crippen molar-refractivity contribution in [3.63, 3.8) is 0 Å². The zero-order valence-electron chi connectivity index (χ0n) is 75.8. The highest BCUT2D eigenvalue weighted by Crippen LogP contribution is 2.40. The van der Waals surface area contributed by atoms with Crippen molar-refractivity contribution in [1.82, 2.24) is 25.7 Å². The van der Waals surface area contributed by atoms with Gasteiger partial charge in [-0.3, -0.25) is 28.8 Å². The summed E-state index contributed by atoms with van der Waals surface area (Å²) in [7, 11) is 5.98. The molecule has 0 bridgehead atoms. The molecule has 0 aromatic heterocycles. The SMILES string of the molecule is CCCCCCCCCC(=O)OC1C(OC(=O)CCCCCCCCC)[C@H](OC(=O)CCCCCCCCC)[C@@H](CSSCCNC(=S)NCCN(Cl)CCOCC)O[C@@H]1O[C@H]1OC(CSSCCNC(=S)NCC[NH+]2CCOCC2)[C@@H](OC(=O)CCCCCCCCC)[C@H](OC(=O)CCCCCCCCC)C1OC(=O)CCCCCCCCC.[Cl-]. The molecule has 3 aliphatic rings. The molecule has 0 aromatic rings. The lowest BCUT2D eigenvalue weighted by Crippen LogP contribution is -3.14. The first-order valence-electron chi connectivity index (χ1n) is 47.7. The van der Waals surface area contributed by atoms with Gasteiger partial charge in [0.25, 0.3) is 0 Å². The average molecular weight is 1870 g/mol. The van der Waals surface area contributed by atoms with Crippen molar-refractivity contribution in [1.29, 1.82) is 0 Å². The van der Waals surface area contributed by atoms with Crippen LogP contribution in [0.4, 0.5) is 0 Å². The number of ether oxygens (including phenoxy) is 11. The Kier molecular flexibility index (Phi) is 76.0. The lowest BCUT2D eigenvalue weighted by molar-refractivity contribution is -0.906. The van der Waals surface area contributed by atoms with Crippen LogP contribution in [0, 0.1) is 0 Å². The molecule has 3 heterocycles. The van der Waals surface area contributed by atoms with Gasteiger partial charge in [-0.15, -0.1) is 0 Å². The third-order valence-corrected chi connectivity index (χ3v) is 27.6. The fourth-order valence-corrected chi connectivity index (χ4v) is 19.4. The minimum atomic E-state index is -1.68. The van der Waals surface area contributed by atoms with Crippen molar-refractivity contribution in [3.8, 4) is 0 Å². The van der Waals surface area contributed by atoms with Gasteiger partial charge in [-0.2, -0.15) is 0 Å². The fraction of sp³-hybridized carbons (Fsp3) is 0.911. The van der Waals surface area contributed by atoms with E-state index in [1.165, 1.54) is 37.3 Å². The van der Waals surface area contributed by atoms with Crippen molar-refractivity contribution < 1.29 is 98.2 Å². The summed E-state index contributed by atoms with van der Waals surface area (Å²) >= 11 is 17.8. The Morgan fingerprint density at radius 1 is 0.372 bits per heavy atom. The second kappa shape index (κ2) is 80.0. The van der Waals surface area contributed by atoms with Crippen molar-refractivity contribution in [2.75, 3.05) is 108 Å². The van der Waals surface area contributed by atoms with E-state index in [0.29, 0.717) is 106 Å². The number of morpholine rings is 1. The summed E-state index contributed by atoms with van der Waals surface area (Å²) in [6.07, 6.45) is 25.8. The summed E-state index contributed by atoms with van der Waals surface area (Å²) in [6.45, 7) is 23.9. The summed E-state index contributed by atoms with van der Waals surface area (Å²) in [4.78, 5) is 90.6. The maximum atomic E-state index is 15.0. The quantitative estimate of drug-likeness (QED) is 0.00946. The van der Waals surface area contributed by atoms with Gasteiger partial charge in [-0.05, 0) is 81.7 Å². The van der Waals surface area contributed by atoms with E-state index in [1.54, 1.807) is 15.2 Å². The third-order valence-electron chi connectivity index (χ3n) is 21.8. The van der Waals surface area contributed by atoms with E-state index < -0.39 is 97.2 Å². The Bertz CT molecular complexity index is 2520. The molecule has 3 rings (SSSR count). The first-order chi connectivity index (χ1) is 58.6. The minimum absolute atomic E-state index is 0. The van der Waals surface area contributed by atoms with Gasteiger partial charge in [0.05, 0.1) is 32.9 Å². The van der Waals surface area contributed by atoms with Crippen LogP contribution >= 0.6 is 79.4 Å². The molecule has 0 aromatic carbocycles. The summed E-state index contributed by atoms with van der Waals surface area (Å²) in [5.74, 6) is -1.97. The predicted octanol–water partition coefficient (Wildman–Crippen LogP) is 15.9. The van der Waals surface area contributed by atoms with Crippen LogP contribution in [0.3, 0.4) is 0 Å². The molecule has 0 aliphatic carbocycles. The molecule has 0 saturated carbocycles. The van der Waals surface area contributed by atoms with Crippen molar-refractivity contribution >= 4 is 125 Å². The standard InChI is InChI=1S/C90H165ClN6O17S6.ClH/c1-8-15-21-27-33-39-45-51-75(98)108-81-73(71-119-117-69-59-94-89(115)92-57-61-96-63-66-105-67-64-96)106-87(85(112-79(102)55-49-43-37-31-25-19-12-5)83(81)110-77(100)53-47-41-35-29-23-17-10-3)114-88-86(113-80(103)56-50-44-38-32-26-20-13-6)84(111-78(101)54-48-42-36-30-24-18-11-4)82(109-76(99)52-46-40-34-28-22-16-9-2)74(107-88)72-120-118-70-60-95-90(116)93-58-62-97(91)65-68-104-14-7;/h73-74,81-88H,8-72H2,1-7H3,(H2,92,94,115)(H2,93,95,116);1H/t73?,74-,81-,82-,83+,84?,85?,86?,87-,88-;/m1./s1. The summed E-state index contributed by atoms with van der Waals surface area (Å²) < 4.78 is 74.7. The Balaban J connectivity index is 0.0000496. The number of rotatable bonds is 78. The van der Waals surface area contributed by atoms with Gasteiger partial charge in [0, 0.05) is 101 Å². The number of halogens is 2. The maximum absolute atomic E-state index is 15.0. The van der Waals surface area contributed by atoms with E-state index in [-0.39, 0.29) is 62.4 Å². The van der Waals surface area contributed by atoms with Crippen molar-refractivity contribution in [3.05, 3.63) is 0 Å². The number of carbonyl (C=O) groups is 6. The number of unbranched alkanes of at least 4 members (excludes halogenated alkanes) is 36. The number of carbonyl (C=O) groups excluding carboxylic acids is 6. The van der Waals surface area contributed by atoms with E-state index in [9.17, 15) is 28.8 Å². The predicted molar refractivity (Wildman–Crippen MR) is 501 cm³/mol. The molecule has 3 fully saturated rings. The highest BCUT2D eigenvalue weighted by molar-refractivity contribution is 8.77. The van der Waals surface area contributed by atoms with Crippen LogP contribution < -0.4 is 38.6 Å². The van der Waals surface area contributed by atoms with Gasteiger partial charge >= 0.3 is 35.8 Å². The largest absolute Gasteiger partial charge is 1.00 e. The Hall–Kier alpha value is -2.10. The zero-order valence-corrected chi connectivity index (χ0v) is 82.2. The molecule has 121 heavy (non-hydrogen) atoms. The van der Waals surface area contributed by atoms with E-state index in [4.69, 9.17) is 88.3 Å².